The Kier molecular flexibility index (Phi) is 6.52. The van der Waals surface area contributed by atoms with Crippen molar-refractivity contribution in [2.45, 2.75) is 38.5 Å². The van der Waals surface area contributed by atoms with Crippen LogP contribution in [-0.4, -0.2) is 26.7 Å². The van der Waals surface area contributed by atoms with Gasteiger partial charge in [-0.1, -0.05) is 54.6 Å². The summed E-state index contributed by atoms with van der Waals surface area (Å²) in [5.41, 5.74) is 7.67. The molecule has 164 valence electrons. The molecule has 2 atom stereocenters. The Hall–Kier alpha value is -3.64. The summed E-state index contributed by atoms with van der Waals surface area (Å²) in [6.07, 6.45) is 3.87. The van der Waals surface area contributed by atoms with Gasteiger partial charge in [-0.25, -0.2) is 4.98 Å². The summed E-state index contributed by atoms with van der Waals surface area (Å²) in [6.45, 7) is 2.21. The van der Waals surface area contributed by atoms with E-state index < -0.39 is 12.0 Å². The molecule has 4 aromatic rings. The second kappa shape index (κ2) is 9.66. The summed E-state index contributed by atoms with van der Waals surface area (Å²) in [4.78, 5) is 15.4. The lowest BCUT2D eigenvalue weighted by Crippen LogP contribution is -2.21. The first-order chi connectivity index (χ1) is 15.5. The predicted molar refractivity (Wildman–Crippen MR) is 125 cm³/mol. The number of aryl methyl sites for hydroxylation is 1. The minimum atomic E-state index is -0.615. The lowest BCUT2D eigenvalue weighted by molar-refractivity contribution is 0.0994. The van der Waals surface area contributed by atoms with Gasteiger partial charge in [0.25, 0.3) is 5.91 Å². The van der Waals surface area contributed by atoms with Gasteiger partial charge in [0.2, 0.25) is 0 Å². The molecule has 0 aliphatic carbocycles. The van der Waals surface area contributed by atoms with Crippen LogP contribution in [0.15, 0.2) is 79.3 Å². The van der Waals surface area contributed by atoms with E-state index in [9.17, 15) is 9.90 Å². The van der Waals surface area contributed by atoms with Crippen molar-refractivity contribution in [2.24, 2.45) is 5.73 Å². The smallest absolute Gasteiger partial charge is 0.268 e. The number of aromatic nitrogens is 2. The minimum Gasteiger partial charge on any atom is -0.489 e. The second-order valence-corrected chi connectivity index (χ2v) is 7.99. The molecule has 0 aliphatic heterocycles. The summed E-state index contributed by atoms with van der Waals surface area (Å²) in [5.74, 6) is 0.244. The number of aliphatic hydroxyl groups excluding tert-OH is 1. The van der Waals surface area contributed by atoms with Crippen LogP contribution in [0.2, 0.25) is 0 Å². The van der Waals surface area contributed by atoms with E-state index in [1.165, 1.54) is 10.8 Å². The topological polar surface area (TPSA) is 90.4 Å². The van der Waals surface area contributed by atoms with Gasteiger partial charge in [-0.2, -0.15) is 0 Å². The van der Waals surface area contributed by atoms with Crippen LogP contribution in [0.4, 0.5) is 0 Å². The van der Waals surface area contributed by atoms with Crippen molar-refractivity contribution in [1.29, 1.82) is 0 Å². The number of nitrogens with two attached hydrogens (primary N) is 1. The zero-order chi connectivity index (χ0) is 22.5. The summed E-state index contributed by atoms with van der Waals surface area (Å²) < 4.78 is 7.92. The zero-order valence-corrected chi connectivity index (χ0v) is 18.0. The van der Waals surface area contributed by atoms with E-state index >= 15 is 0 Å². The molecule has 32 heavy (non-hydrogen) atoms. The van der Waals surface area contributed by atoms with Gasteiger partial charge in [0.1, 0.15) is 18.1 Å². The van der Waals surface area contributed by atoms with E-state index in [1.54, 1.807) is 24.0 Å². The maximum atomic E-state index is 11.4. The number of nitrogens with zero attached hydrogens (tertiary/aromatic N) is 2. The Morgan fingerprint density at radius 3 is 2.59 bits per heavy atom. The van der Waals surface area contributed by atoms with Crippen molar-refractivity contribution in [3.63, 3.8) is 0 Å². The van der Waals surface area contributed by atoms with Crippen molar-refractivity contribution in [3.05, 3.63) is 96.1 Å². The number of rotatable bonds is 9. The fraction of sp³-hybridized carbons (Fsp3) is 0.231. The summed E-state index contributed by atoms with van der Waals surface area (Å²) in [6, 6.07) is 22.3. The van der Waals surface area contributed by atoms with Gasteiger partial charge in [-0.05, 0) is 53.8 Å². The van der Waals surface area contributed by atoms with Gasteiger partial charge < -0.3 is 20.1 Å². The molecule has 0 saturated carbocycles. The second-order valence-electron chi connectivity index (χ2n) is 7.99. The van der Waals surface area contributed by atoms with Crippen molar-refractivity contribution >= 4 is 16.7 Å². The first-order valence-corrected chi connectivity index (χ1v) is 10.7. The molecule has 3 N–H and O–H groups in total. The number of primary amides is 1. The molecule has 1 heterocycles. The number of amides is 1. The van der Waals surface area contributed by atoms with Gasteiger partial charge in [-0.15, -0.1) is 0 Å². The number of hydrogen-bond acceptors (Lipinski definition) is 4. The highest BCUT2D eigenvalue weighted by Crippen LogP contribution is 2.26. The predicted octanol–water partition coefficient (Wildman–Crippen LogP) is 4.27. The van der Waals surface area contributed by atoms with Crippen molar-refractivity contribution < 1.29 is 14.6 Å². The number of benzene rings is 3. The van der Waals surface area contributed by atoms with E-state index in [2.05, 4.69) is 35.3 Å². The molecular weight excluding hydrogens is 402 g/mol. The highest BCUT2D eigenvalue weighted by molar-refractivity contribution is 5.90. The van der Waals surface area contributed by atoms with Crippen molar-refractivity contribution in [1.82, 2.24) is 9.55 Å². The van der Waals surface area contributed by atoms with Crippen LogP contribution >= 0.6 is 0 Å². The Morgan fingerprint density at radius 2 is 1.84 bits per heavy atom. The van der Waals surface area contributed by atoms with Crippen LogP contribution in [0, 0.1) is 0 Å². The first-order valence-electron chi connectivity index (χ1n) is 10.7. The van der Waals surface area contributed by atoms with Gasteiger partial charge in [-0.3, -0.25) is 4.79 Å². The van der Waals surface area contributed by atoms with Gasteiger partial charge in [0.15, 0.2) is 0 Å². The Labute approximate surface area is 187 Å². The molecule has 0 spiro atoms. The molecule has 4 rings (SSSR count). The molecule has 6 heteroatoms. The normalized spacial score (nSPS) is 13.1. The number of aliphatic hydroxyl groups is 1. The highest BCUT2D eigenvalue weighted by Gasteiger charge is 2.19. The molecule has 0 saturated heterocycles. The number of fused-ring (bicyclic) bond motifs is 1. The average molecular weight is 430 g/mol. The monoisotopic (exact) mass is 429 g/mol. The molecule has 3 aromatic carbocycles. The van der Waals surface area contributed by atoms with E-state index in [0.717, 1.165) is 16.9 Å². The molecule has 1 amide bonds. The van der Waals surface area contributed by atoms with Crippen LogP contribution in [0.25, 0.3) is 10.8 Å². The SMILES string of the molecule is C[C@H](O)[C@@H](CCc1ccccc1OCc1ccc2ccccc2c1)n1cnc(C(N)=O)c1. The Balaban J connectivity index is 1.45. The van der Waals surface area contributed by atoms with Crippen molar-refractivity contribution in [2.75, 3.05) is 0 Å². The van der Waals surface area contributed by atoms with Crippen LogP contribution in [-0.2, 0) is 13.0 Å². The van der Waals surface area contributed by atoms with E-state index in [4.69, 9.17) is 10.5 Å². The molecule has 1 aromatic heterocycles. The third kappa shape index (κ3) is 4.98. The summed E-state index contributed by atoms with van der Waals surface area (Å²) in [7, 11) is 0. The lowest BCUT2D eigenvalue weighted by atomic mass is 10.0. The highest BCUT2D eigenvalue weighted by atomic mass is 16.5. The lowest BCUT2D eigenvalue weighted by Gasteiger charge is -2.22. The maximum absolute atomic E-state index is 11.4. The molecule has 0 unspecified atom stereocenters. The number of ether oxygens (including phenoxy) is 1. The molecule has 6 nitrogen and oxygen atoms in total. The number of carbonyl (C=O) groups excluding carboxylic acids is 1. The Morgan fingerprint density at radius 1 is 1.09 bits per heavy atom. The van der Waals surface area contributed by atoms with Crippen molar-refractivity contribution in [3.8, 4) is 5.75 Å². The third-order valence-corrected chi connectivity index (χ3v) is 5.68. The summed E-state index contributed by atoms with van der Waals surface area (Å²) in [5, 5.41) is 12.7. The number of para-hydroxylation sites is 1. The first kappa shape index (κ1) is 21.6. The largest absolute Gasteiger partial charge is 0.489 e. The van der Waals surface area contributed by atoms with Crippen LogP contribution < -0.4 is 10.5 Å². The Bertz CT molecular complexity index is 1220. The van der Waals surface area contributed by atoms with Crippen LogP contribution in [0.5, 0.6) is 5.75 Å². The van der Waals surface area contributed by atoms with Gasteiger partial charge in [0, 0.05) is 6.20 Å². The molecule has 0 radical (unpaired) electrons. The summed E-state index contributed by atoms with van der Waals surface area (Å²) >= 11 is 0. The standard InChI is InChI=1S/C26H27N3O3/c1-18(30)24(29-15-23(26(27)31)28-17-29)13-12-21-7-4-5-9-25(21)32-16-19-10-11-20-6-2-3-8-22(20)14-19/h2-11,14-15,17-18,24,30H,12-13,16H2,1H3,(H2,27,31)/t18-,24+/m0/s1. The fourth-order valence-electron chi connectivity index (χ4n) is 3.93. The van der Waals surface area contributed by atoms with E-state index in [-0.39, 0.29) is 11.7 Å². The van der Waals surface area contributed by atoms with Crippen LogP contribution in [0.3, 0.4) is 0 Å². The number of carbonyl (C=O) groups is 1. The average Bonchev–Trinajstić information content (AvgIpc) is 3.28. The maximum Gasteiger partial charge on any atom is 0.268 e. The molecule has 0 bridgehead atoms. The quantitative estimate of drug-likeness (QED) is 0.416. The number of imidazole rings is 1. The minimum absolute atomic E-state index is 0.190. The molecule has 0 fully saturated rings. The fourth-order valence-corrected chi connectivity index (χ4v) is 3.93. The number of hydrogen-bond donors (Lipinski definition) is 2. The molecule has 0 aliphatic rings. The third-order valence-electron chi connectivity index (χ3n) is 5.68. The van der Waals surface area contributed by atoms with Gasteiger partial charge in [0.05, 0.1) is 18.5 Å². The van der Waals surface area contributed by atoms with E-state index in [1.807, 2.05) is 36.4 Å². The molecular formula is C26H27N3O3. The van der Waals surface area contributed by atoms with E-state index in [0.29, 0.717) is 19.4 Å². The zero-order valence-electron chi connectivity index (χ0n) is 18.0. The van der Waals surface area contributed by atoms with Crippen LogP contribution in [0.1, 0.15) is 41.0 Å². The van der Waals surface area contributed by atoms with Gasteiger partial charge >= 0.3 is 0 Å².